The number of pyridine rings is 1. The number of halogens is 1. The fourth-order valence-electron chi connectivity index (χ4n) is 1.15. The molecule has 0 fully saturated rings. The molecule has 1 aromatic rings. The molecule has 9 heteroatoms. The third kappa shape index (κ3) is 4.26. The van der Waals surface area contributed by atoms with Crippen LogP contribution in [0.2, 0.25) is 0 Å². The van der Waals surface area contributed by atoms with Crippen LogP contribution in [0, 0.1) is 10.1 Å². The number of ether oxygens (including phenoxy) is 1. The highest BCUT2D eigenvalue weighted by Crippen LogP contribution is 2.30. The summed E-state index contributed by atoms with van der Waals surface area (Å²) in [7, 11) is 0. The highest BCUT2D eigenvalue weighted by Gasteiger charge is 2.16. The van der Waals surface area contributed by atoms with Crippen LogP contribution in [0.3, 0.4) is 0 Å². The lowest BCUT2D eigenvalue weighted by Gasteiger charge is -2.08. The number of hydrogen-bond acceptors (Lipinski definition) is 6. The molecule has 0 saturated heterocycles. The van der Waals surface area contributed by atoms with E-state index in [1.807, 2.05) is 0 Å². The fraction of sp³-hybridized carbons (Fsp3) is 0.333. The Labute approximate surface area is 110 Å². The smallest absolute Gasteiger partial charge is 0.329 e. The molecule has 0 bridgehead atoms. The Balaban J connectivity index is 2.56. The monoisotopic (exact) mass is 319 g/mol. The molecule has 2 N–H and O–H groups in total. The number of carboxylic acid groups (broad SMARTS) is 1. The average Bonchev–Trinajstić information content (AvgIpc) is 2.29. The standard InChI is InChI=1S/C9H10BrN3O5/c10-6-3-11-4-7(13(16)17)9(6)12-1-2-18-5-8(14)15/h3-4H,1-2,5H2,(H,11,12)(H,14,15). The van der Waals surface area contributed by atoms with Crippen LogP contribution < -0.4 is 5.32 Å². The number of anilines is 1. The highest BCUT2D eigenvalue weighted by atomic mass is 79.9. The van der Waals surface area contributed by atoms with Crippen LogP contribution in [-0.4, -0.2) is 40.7 Å². The van der Waals surface area contributed by atoms with Crippen LogP contribution in [0.25, 0.3) is 0 Å². The molecule has 0 aliphatic heterocycles. The Bertz CT molecular complexity index is 454. The predicted molar refractivity (Wildman–Crippen MR) is 65.5 cm³/mol. The zero-order valence-corrected chi connectivity index (χ0v) is 10.7. The second-order valence-corrected chi connectivity index (χ2v) is 4.00. The first kappa shape index (κ1) is 14.3. The number of nitrogens with one attached hydrogen (secondary N) is 1. The SMILES string of the molecule is O=C(O)COCCNc1c(Br)cncc1[N+](=O)[O-]. The van der Waals surface area contributed by atoms with Gasteiger partial charge in [0.1, 0.15) is 18.5 Å². The van der Waals surface area contributed by atoms with Crippen LogP contribution >= 0.6 is 15.9 Å². The Morgan fingerprint density at radius 3 is 2.94 bits per heavy atom. The van der Waals surface area contributed by atoms with E-state index in [1.54, 1.807) is 0 Å². The third-order valence-corrected chi connectivity index (χ3v) is 2.45. The Kier molecular flexibility index (Phi) is 5.46. The van der Waals surface area contributed by atoms with E-state index in [-0.39, 0.29) is 24.5 Å². The number of hydrogen-bond donors (Lipinski definition) is 2. The van der Waals surface area contributed by atoms with Gasteiger partial charge >= 0.3 is 11.7 Å². The van der Waals surface area contributed by atoms with Crippen LogP contribution in [0.1, 0.15) is 0 Å². The number of nitro groups is 1. The first-order chi connectivity index (χ1) is 8.52. The van der Waals surface area contributed by atoms with Gasteiger partial charge in [0.05, 0.1) is 16.0 Å². The largest absolute Gasteiger partial charge is 0.480 e. The molecular weight excluding hydrogens is 310 g/mol. The molecule has 8 nitrogen and oxygen atoms in total. The molecule has 1 heterocycles. The van der Waals surface area contributed by atoms with Gasteiger partial charge in [-0.1, -0.05) is 0 Å². The van der Waals surface area contributed by atoms with Crippen molar-refractivity contribution < 1.29 is 19.6 Å². The lowest BCUT2D eigenvalue weighted by atomic mass is 10.3. The van der Waals surface area contributed by atoms with Gasteiger partial charge < -0.3 is 15.2 Å². The van der Waals surface area contributed by atoms with Gasteiger partial charge in [0.2, 0.25) is 0 Å². The molecule has 1 aromatic heterocycles. The molecule has 0 saturated carbocycles. The summed E-state index contributed by atoms with van der Waals surface area (Å²) in [6.45, 7) is -0.0315. The van der Waals surface area contributed by atoms with Crippen molar-refractivity contribution in [3.05, 3.63) is 27.0 Å². The Hall–Kier alpha value is -1.74. The summed E-state index contributed by atoms with van der Waals surface area (Å²) in [6.07, 6.45) is 2.55. The Morgan fingerprint density at radius 1 is 1.61 bits per heavy atom. The van der Waals surface area contributed by atoms with Gasteiger partial charge in [-0.25, -0.2) is 4.79 Å². The first-order valence-corrected chi connectivity index (χ1v) is 5.63. The fourth-order valence-corrected chi connectivity index (χ4v) is 1.61. The van der Waals surface area contributed by atoms with Gasteiger partial charge in [-0.15, -0.1) is 0 Å². The van der Waals surface area contributed by atoms with E-state index in [2.05, 4.69) is 26.2 Å². The second kappa shape index (κ2) is 6.87. The van der Waals surface area contributed by atoms with Crippen molar-refractivity contribution in [1.29, 1.82) is 0 Å². The molecule has 0 aliphatic carbocycles. The van der Waals surface area contributed by atoms with E-state index in [0.717, 1.165) is 6.20 Å². The molecule has 0 aromatic carbocycles. The van der Waals surface area contributed by atoms with Crippen molar-refractivity contribution in [3.8, 4) is 0 Å². The van der Waals surface area contributed by atoms with E-state index < -0.39 is 17.5 Å². The first-order valence-electron chi connectivity index (χ1n) is 4.83. The summed E-state index contributed by atoms with van der Waals surface area (Å²) in [4.78, 5) is 24.1. The number of aromatic nitrogens is 1. The Morgan fingerprint density at radius 2 is 2.33 bits per heavy atom. The molecular formula is C9H10BrN3O5. The maximum Gasteiger partial charge on any atom is 0.329 e. The average molecular weight is 320 g/mol. The summed E-state index contributed by atoms with van der Waals surface area (Å²) in [5.41, 5.74) is 0.122. The van der Waals surface area contributed by atoms with Gasteiger partial charge in [-0.3, -0.25) is 15.1 Å². The quantitative estimate of drug-likeness (QED) is 0.441. The van der Waals surface area contributed by atoms with E-state index in [9.17, 15) is 14.9 Å². The third-order valence-electron chi connectivity index (χ3n) is 1.85. The van der Waals surface area contributed by atoms with Crippen LogP contribution in [0.5, 0.6) is 0 Å². The van der Waals surface area contributed by atoms with E-state index >= 15 is 0 Å². The van der Waals surface area contributed by atoms with Gasteiger partial charge in [-0.05, 0) is 15.9 Å². The second-order valence-electron chi connectivity index (χ2n) is 3.15. The molecule has 98 valence electrons. The summed E-state index contributed by atoms with van der Waals surface area (Å²) in [6, 6.07) is 0. The number of carboxylic acids is 1. The summed E-state index contributed by atoms with van der Waals surface area (Å²) in [5, 5.41) is 21.9. The number of carbonyl (C=O) groups is 1. The van der Waals surface area contributed by atoms with E-state index in [1.165, 1.54) is 6.20 Å². The highest BCUT2D eigenvalue weighted by molar-refractivity contribution is 9.10. The minimum Gasteiger partial charge on any atom is -0.480 e. The number of aliphatic carboxylic acids is 1. The van der Waals surface area contributed by atoms with Crippen LogP contribution in [0.15, 0.2) is 16.9 Å². The summed E-state index contributed by atoms with van der Waals surface area (Å²) < 4.78 is 5.25. The van der Waals surface area contributed by atoms with Gasteiger partial charge in [-0.2, -0.15) is 0 Å². The minimum atomic E-state index is -1.06. The molecule has 0 radical (unpaired) electrons. The van der Waals surface area contributed by atoms with Crippen molar-refractivity contribution in [1.82, 2.24) is 4.98 Å². The number of rotatable bonds is 7. The summed E-state index contributed by atoms with van der Waals surface area (Å²) >= 11 is 3.14. The molecule has 0 unspecified atom stereocenters. The van der Waals surface area contributed by atoms with Crippen molar-refractivity contribution in [3.63, 3.8) is 0 Å². The van der Waals surface area contributed by atoms with Crippen molar-refractivity contribution in [2.75, 3.05) is 25.1 Å². The molecule has 0 spiro atoms. The topological polar surface area (TPSA) is 115 Å². The van der Waals surface area contributed by atoms with Gasteiger partial charge in [0.25, 0.3) is 0 Å². The molecule has 1 rings (SSSR count). The van der Waals surface area contributed by atoms with Crippen LogP contribution in [0.4, 0.5) is 11.4 Å². The van der Waals surface area contributed by atoms with Crippen molar-refractivity contribution >= 4 is 33.3 Å². The molecule has 0 aliphatic rings. The van der Waals surface area contributed by atoms with E-state index in [0.29, 0.717) is 4.47 Å². The maximum atomic E-state index is 10.7. The predicted octanol–water partition coefficient (Wildman–Crippen LogP) is 1.27. The zero-order valence-electron chi connectivity index (χ0n) is 9.13. The molecule has 18 heavy (non-hydrogen) atoms. The van der Waals surface area contributed by atoms with Crippen molar-refractivity contribution in [2.24, 2.45) is 0 Å². The normalized spacial score (nSPS) is 10.1. The summed E-state index contributed by atoms with van der Waals surface area (Å²) in [5.74, 6) is -1.06. The van der Waals surface area contributed by atoms with Crippen LogP contribution in [-0.2, 0) is 9.53 Å². The van der Waals surface area contributed by atoms with E-state index in [4.69, 9.17) is 9.84 Å². The van der Waals surface area contributed by atoms with Crippen molar-refractivity contribution in [2.45, 2.75) is 0 Å². The number of nitrogens with zero attached hydrogens (tertiary/aromatic N) is 2. The van der Waals surface area contributed by atoms with Gasteiger partial charge in [0.15, 0.2) is 0 Å². The lowest BCUT2D eigenvalue weighted by molar-refractivity contribution is -0.384. The molecule has 0 amide bonds. The van der Waals surface area contributed by atoms with Gasteiger partial charge in [0, 0.05) is 12.7 Å². The molecule has 0 atom stereocenters. The minimum absolute atomic E-state index is 0.123. The zero-order chi connectivity index (χ0) is 13.5. The maximum absolute atomic E-state index is 10.7. The lowest BCUT2D eigenvalue weighted by Crippen LogP contribution is -2.15.